The van der Waals surface area contributed by atoms with Crippen molar-refractivity contribution in [1.82, 2.24) is 14.8 Å². The fourth-order valence-corrected chi connectivity index (χ4v) is 2.56. The van der Waals surface area contributed by atoms with Gasteiger partial charge in [0.25, 0.3) is 0 Å². The normalized spacial score (nSPS) is 11.1. The maximum absolute atomic E-state index is 13.9. The number of para-hydroxylation sites is 1. The first kappa shape index (κ1) is 14.4. The molecule has 2 heterocycles. The van der Waals surface area contributed by atoms with Gasteiger partial charge in [-0.05, 0) is 19.1 Å². The van der Waals surface area contributed by atoms with Crippen LogP contribution in [0.2, 0.25) is 5.02 Å². The highest BCUT2D eigenvalue weighted by Crippen LogP contribution is 2.31. The molecule has 0 unspecified atom stereocenters. The van der Waals surface area contributed by atoms with Crippen LogP contribution >= 0.6 is 11.6 Å². The zero-order valence-electron chi connectivity index (χ0n) is 11.1. The first-order valence-corrected chi connectivity index (χ1v) is 6.51. The predicted octanol–water partition coefficient (Wildman–Crippen LogP) is 3.36. The summed E-state index contributed by atoms with van der Waals surface area (Å²) in [5.41, 5.74) is -0.201. The molecule has 0 amide bonds. The SMILES string of the molecule is Cc1nn(-c2c(F)cccc2F)c2ncc(C(=O)O)c(Cl)c12. The lowest BCUT2D eigenvalue weighted by atomic mass is 10.2. The van der Waals surface area contributed by atoms with Gasteiger partial charge < -0.3 is 5.11 Å². The molecule has 8 heteroatoms. The summed E-state index contributed by atoms with van der Waals surface area (Å²) in [5, 5.41) is 13.3. The van der Waals surface area contributed by atoms with E-state index in [1.807, 2.05) is 0 Å². The third-order valence-corrected chi connectivity index (χ3v) is 3.58. The molecule has 0 atom stereocenters. The molecule has 112 valence electrons. The summed E-state index contributed by atoms with van der Waals surface area (Å²) in [6, 6.07) is 3.42. The van der Waals surface area contributed by atoms with Gasteiger partial charge in [0.1, 0.15) is 5.69 Å². The van der Waals surface area contributed by atoms with Gasteiger partial charge in [-0.15, -0.1) is 0 Å². The third kappa shape index (κ3) is 2.01. The number of carboxylic acids is 1. The van der Waals surface area contributed by atoms with Gasteiger partial charge in [0.2, 0.25) is 0 Å². The first-order valence-electron chi connectivity index (χ1n) is 6.13. The van der Waals surface area contributed by atoms with E-state index >= 15 is 0 Å². The Balaban J connectivity index is 2.39. The van der Waals surface area contributed by atoms with Gasteiger partial charge in [-0.2, -0.15) is 5.10 Å². The zero-order chi connectivity index (χ0) is 16.0. The molecule has 0 radical (unpaired) electrons. The van der Waals surface area contributed by atoms with Crippen LogP contribution in [0.15, 0.2) is 24.4 Å². The summed E-state index contributed by atoms with van der Waals surface area (Å²) >= 11 is 6.06. The molecule has 0 aliphatic rings. The van der Waals surface area contributed by atoms with Crippen molar-refractivity contribution in [3.8, 4) is 5.69 Å². The number of aromatic nitrogens is 3. The number of fused-ring (bicyclic) bond motifs is 1. The smallest absolute Gasteiger partial charge is 0.338 e. The van der Waals surface area contributed by atoms with Crippen molar-refractivity contribution in [2.75, 3.05) is 0 Å². The summed E-state index contributed by atoms with van der Waals surface area (Å²) in [7, 11) is 0. The number of aryl methyl sites for hydroxylation is 1. The lowest BCUT2D eigenvalue weighted by Gasteiger charge is -2.06. The standard InChI is InChI=1S/C14H8ClF2N3O2/c1-6-10-11(15)7(14(21)22)5-18-13(10)20(19-6)12-8(16)3-2-4-9(12)17/h2-5H,1H3,(H,21,22). The molecular weight excluding hydrogens is 316 g/mol. The minimum Gasteiger partial charge on any atom is -0.478 e. The number of nitrogens with zero attached hydrogens (tertiary/aromatic N) is 3. The molecule has 2 aromatic heterocycles. The number of halogens is 3. The topological polar surface area (TPSA) is 68.0 Å². The Kier molecular flexibility index (Phi) is 3.29. The molecule has 1 aromatic carbocycles. The van der Waals surface area contributed by atoms with Crippen LogP contribution < -0.4 is 0 Å². The molecule has 0 saturated heterocycles. The van der Waals surface area contributed by atoms with E-state index in [0.29, 0.717) is 5.69 Å². The van der Waals surface area contributed by atoms with Crippen molar-refractivity contribution in [3.05, 3.63) is 52.3 Å². The average Bonchev–Trinajstić information content (AvgIpc) is 2.76. The van der Waals surface area contributed by atoms with Gasteiger partial charge in [-0.25, -0.2) is 23.2 Å². The number of hydrogen-bond donors (Lipinski definition) is 1. The molecule has 1 N–H and O–H groups in total. The number of aromatic carboxylic acids is 1. The second kappa shape index (κ2) is 5.03. The highest BCUT2D eigenvalue weighted by Gasteiger charge is 2.22. The number of benzene rings is 1. The fraction of sp³-hybridized carbons (Fsp3) is 0.0714. The van der Waals surface area contributed by atoms with Crippen molar-refractivity contribution in [2.24, 2.45) is 0 Å². The van der Waals surface area contributed by atoms with Gasteiger partial charge in [0, 0.05) is 6.20 Å². The number of pyridine rings is 1. The van der Waals surface area contributed by atoms with Crippen molar-refractivity contribution in [2.45, 2.75) is 6.92 Å². The monoisotopic (exact) mass is 323 g/mol. The van der Waals surface area contributed by atoms with Crippen LogP contribution in [0.3, 0.4) is 0 Å². The largest absolute Gasteiger partial charge is 0.478 e. The summed E-state index contributed by atoms with van der Waals surface area (Å²) in [4.78, 5) is 15.0. The minimum atomic E-state index is -1.25. The van der Waals surface area contributed by atoms with Crippen LogP contribution in [-0.4, -0.2) is 25.8 Å². The second-order valence-electron chi connectivity index (χ2n) is 4.56. The summed E-state index contributed by atoms with van der Waals surface area (Å²) in [5.74, 6) is -2.88. The van der Waals surface area contributed by atoms with Crippen molar-refractivity contribution in [1.29, 1.82) is 0 Å². The lowest BCUT2D eigenvalue weighted by molar-refractivity contribution is 0.0697. The van der Waals surface area contributed by atoms with E-state index in [0.717, 1.165) is 23.0 Å². The average molecular weight is 324 g/mol. The van der Waals surface area contributed by atoms with Crippen molar-refractivity contribution >= 4 is 28.6 Å². The molecular formula is C14H8ClF2N3O2. The van der Waals surface area contributed by atoms with Crippen molar-refractivity contribution in [3.63, 3.8) is 0 Å². The van der Waals surface area contributed by atoms with E-state index < -0.39 is 23.3 Å². The molecule has 5 nitrogen and oxygen atoms in total. The summed E-state index contributed by atoms with van der Waals surface area (Å²) in [6.45, 7) is 1.55. The molecule has 3 aromatic rings. The summed E-state index contributed by atoms with van der Waals surface area (Å²) in [6.07, 6.45) is 1.03. The van der Waals surface area contributed by atoms with E-state index in [1.54, 1.807) is 6.92 Å². The molecule has 3 rings (SSSR count). The maximum Gasteiger partial charge on any atom is 0.338 e. The Morgan fingerprint density at radius 2 is 1.95 bits per heavy atom. The molecule has 0 aliphatic heterocycles. The molecule has 0 saturated carbocycles. The second-order valence-corrected chi connectivity index (χ2v) is 4.94. The van der Waals surface area contributed by atoms with Gasteiger partial charge in [0.15, 0.2) is 17.3 Å². The molecule has 22 heavy (non-hydrogen) atoms. The maximum atomic E-state index is 13.9. The Bertz CT molecular complexity index is 904. The van der Waals surface area contributed by atoms with Crippen LogP contribution in [0.1, 0.15) is 16.1 Å². The molecule has 0 fully saturated rings. The highest BCUT2D eigenvalue weighted by atomic mass is 35.5. The van der Waals surface area contributed by atoms with Crippen LogP contribution in [0.4, 0.5) is 8.78 Å². The Morgan fingerprint density at radius 1 is 1.32 bits per heavy atom. The number of rotatable bonds is 2. The lowest BCUT2D eigenvalue weighted by Crippen LogP contribution is -2.05. The van der Waals surface area contributed by atoms with E-state index in [4.69, 9.17) is 16.7 Å². The van der Waals surface area contributed by atoms with Crippen LogP contribution in [-0.2, 0) is 0 Å². The minimum absolute atomic E-state index is 0.0713. The van der Waals surface area contributed by atoms with Gasteiger partial charge >= 0.3 is 5.97 Å². The number of carboxylic acid groups (broad SMARTS) is 1. The van der Waals surface area contributed by atoms with Crippen LogP contribution in [0.25, 0.3) is 16.7 Å². The molecule has 0 bridgehead atoms. The molecule has 0 spiro atoms. The molecule has 0 aliphatic carbocycles. The third-order valence-electron chi connectivity index (χ3n) is 3.19. The fourth-order valence-electron chi connectivity index (χ4n) is 2.20. The van der Waals surface area contributed by atoms with E-state index in [2.05, 4.69) is 10.1 Å². The predicted molar refractivity (Wildman–Crippen MR) is 75.5 cm³/mol. The summed E-state index contributed by atoms with van der Waals surface area (Å²) < 4.78 is 28.8. The van der Waals surface area contributed by atoms with E-state index in [1.165, 1.54) is 6.07 Å². The van der Waals surface area contributed by atoms with Gasteiger partial charge in [0.05, 0.1) is 21.7 Å². The van der Waals surface area contributed by atoms with E-state index in [-0.39, 0.29) is 21.6 Å². The Morgan fingerprint density at radius 3 is 2.55 bits per heavy atom. The van der Waals surface area contributed by atoms with E-state index in [9.17, 15) is 13.6 Å². The van der Waals surface area contributed by atoms with Crippen LogP contribution in [0.5, 0.6) is 0 Å². The quantitative estimate of drug-likeness (QED) is 0.785. The zero-order valence-corrected chi connectivity index (χ0v) is 11.9. The van der Waals surface area contributed by atoms with Gasteiger partial charge in [-0.1, -0.05) is 17.7 Å². The highest BCUT2D eigenvalue weighted by molar-refractivity contribution is 6.38. The van der Waals surface area contributed by atoms with Crippen molar-refractivity contribution < 1.29 is 18.7 Å². The first-order chi connectivity index (χ1) is 10.4. The Hall–Kier alpha value is -2.54. The number of carbonyl (C=O) groups is 1. The number of hydrogen-bond acceptors (Lipinski definition) is 3. The van der Waals surface area contributed by atoms with Crippen LogP contribution in [0, 0.1) is 18.6 Å². The van der Waals surface area contributed by atoms with Gasteiger partial charge in [-0.3, -0.25) is 0 Å². The Labute approximate surface area is 127 Å².